The highest BCUT2D eigenvalue weighted by atomic mass is 32.2. The fraction of sp³-hybridized carbons (Fsp3) is 0.889. The molecule has 0 aromatic carbocycles. The molecule has 1 aliphatic rings. The van der Waals surface area contributed by atoms with E-state index in [9.17, 15) is 13.2 Å². The highest BCUT2D eigenvalue weighted by Crippen LogP contribution is 2.11. The first-order valence-corrected chi connectivity index (χ1v) is 6.95. The quantitative estimate of drug-likeness (QED) is 0.686. The summed E-state index contributed by atoms with van der Waals surface area (Å²) in [4.78, 5) is 11.6. The van der Waals surface area contributed by atoms with Crippen LogP contribution in [0.1, 0.15) is 12.8 Å². The van der Waals surface area contributed by atoms with Crippen molar-refractivity contribution < 1.29 is 17.9 Å². The third-order valence-electron chi connectivity index (χ3n) is 2.53. The normalized spacial score (nSPS) is 26.8. The molecular weight excluding hydrogens is 218 g/mol. The number of carbonyl (C=O) groups excluding carboxylic acids is 1. The lowest BCUT2D eigenvalue weighted by atomic mass is 10.1. The molecular formula is C9H17NO4S. The van der Waals surface area contributed by atoms with Crippen LogP contribution >= 0.6 is 0 Å². The Morgan fingerprint density at radius 1 is 1.53 bits per heavy atom. The Labute approximate surface area is 90.1 Å². The zero-order valence-corrected chi connectivity index (χ0v) is 9.84. The average molecular weight is 235 g/mol. The first-order valence-electron chi connectivity index (χ1n) is 4.89. The fourth-order valence-corrected chi connectivity index (χ4v) is 2.16. The van der Waals surface area contributed by atoms with Gasteiger partial charge in [0, 0.05) is 26.3 Å². The van der Waals surface area contributed by atoms with Crippen molar-refractivity contribution in [2.24, 2.45) is 0 Å². The molecule has 1 rings (SSSR count). The van der Waals surface area contributed by atoms with Crippen LogP contribution in [0.15, 0.2) is 0 Å². The van der Waals surface area contributed by atoms with Gasteiger partial charge in [-0.1, -0.05) is 0 Å². The van der Waals surface area contributed by atoms with E-state index in [1.165, 1.54) is 0 Å². The summed E-state index contributed by atoms with van der Waals surface area (Å²) in [5.41, 5.74) is 0. The van der Waals surface area contributed by atoms with Crippen LogP contribution in [-0.2, 0) is 19.4 Å². The number of carbonyl (C=O) groups is 1. The van der Waals surface area contributed by atoms with Crippen molar-refractivity contribution in [3.63, 3.8) is 0 Å². The van der Waals surface area contributed by atoms with Crippen molar-refractivity contribution in [1.29, 1.82) is 0 Å². The number of sulfone groups is 1. The van der Waals surface area contributed by atoms with E-state index < -0.39 is 9.84 Å². The molecule has 0 bridgehead atoms. The minimum Gasteiger partial charge on any atom is -0.380 e. The Kier molecular flexibility index (Phi) is 4.24. The van der Waals surface area contributed by atoms with Gasteiger partial charge in [-0.3, -0.25) is 4.79 Å². The number of Topliss-reactive ketones (excluding diaryl/α,β-unsaturated/α-hetero) is 1. The van der Waals surface area contributed by atoms with E-state index in [2.05, 4.69) is 5.32 Å². The van der Waals surface area contributed by atoms with Crippen LogP contribution in [-0.4, -0.2) is 52.0 Å². The van der Waals surface area contributed by atoms with Gasteiger partial charge in [0.1, 0.15) is 9.84 Å². The van der Waals surface area contributed by atoms with E-state index in [-0.39, 0.29) is 30.1 Å². The molecule has 5 nitrogen and oxygen atoms in total. The first-order chi connectivity index (χ1) is 6.92. The smallest absolute Gasteiger partial charge is 0.150 e. The van der Waals surface area contributed by atoms with Gasteiger partial charge >= 0.3 is 0 Å². The zero-order valence-electron chi connectivity index (χ0n) is 9.02. The maximum absolute atomic E-state index is 11.6. The summed E-state index contributed by atoms with van der Waals surface area (Å²) in [5.74, 6) is -0.109. The first kappa shape index (κ1) is 12.6. The molecule has 1 saturated heterocycles. The molecule has 2 atom stereocenters. The predicted molar refractivity (Wildman–Crippen MR) is 56.5 cm³/mol. The second-order valence-corrected chi connectivity index (χ2v) is 6.16. The number of ether oxygens (including phenoxy) is 1. The minimum absolute atomic E-state index is 0.0417. The molecule has 1 N–H and O–H groups in total. The Morgan fingerprint density at radius 3 is 2.67 bits per heavy atom. The minimum atomic E-state index is -3.05. The third-order valence-corrected chi connectivity index (χ3v) is 3.48. The maximum Gasteiger partial charge on any atom is 0.150 e. The van der Waals surface area contributed by atoms with Crippen molar-refractivity contribution in [2.75, 3.05) is 25.7 Å². The number of hydrogen-bond donors (Lipinski definition) is 1. The molecule has 0 radical (unpaired) electrons. The molecule has 0 aromatic heterocycles. The largest absolute Gasteiger partial charge is 0.380 e. The van der Waals surface area contributed by atoms with Gasteiger partial charge in [0.25, 0.3) is 0 Å². The maximum atomic E-state index is 11.6. The van der Waals surface area contributed by atoms with Crippen molar-refractivity contribution in [3.8, 4) is 0 Å². The van der Waals surface area contributed by atoms with Crippen molar-refractivity contribution >= 4 is 15.6 Å². The zero-order chi connectivity index (χ0) is 11.5. The van der Waals surface area contributed by atoms with Gasteiger partial charge in [0.15, 0.2) is 5.78 Å². The number of nitrogens with one attached hydrogen (secondary N) is 1. The summed E-state index contributed by atoms with van der Waals surface area (Å²) in [6.45, 7) is 0.659. The Balaban J connectivity index is 2.36. The van der Waals surface area contributed by atoms with Crippen LogP contribution in [0.3, 0.4) is 0 Å². The number of rotatable bonds is 5. The van der Waals surface area contributed by atoms with Gasteiger partial charge < -0.3 is 10.1 Å². The topological polar surface area (TPSA) is 72.5 Å². The highest BCUT2D eigenvalue weighted by molar-refractivity contribution is 7.90. The van der Waals surface area contributed by atoms with Crippen LogP contribution in [0.25, 0.3) is 0 Å². The van der Waals surface area contributed by atoms with Crippen molar-refractivity contribution in [3.05, 3.63) is 0 Å². The van der Waals surface area contributed by atoms with Crippen LogP contribution < -0.4 is 5.32 Å². The Morgan fingerprint density at radius 2 is 2.20 bits per heavy atom. The van der Waals surface area contributed by atoms with E-state index in [0.717, 1.165) is 6.26 Å². The molecule has 1 heterocycles. The molecule has 1 aliphatic heterocycles. The standard InChI is InChI=1S/C9H17NO4S/c1-14-7-5-8(10-6-7)9(11)3-4-15(2,12)13/h7-8,10H,3-6H2,1-2H3. The second kappa shape index (κ2) is 5.05. The lowest BCUT2D eigenvalue weighted by Gasteiger charge is -2.08. The van der Waals surface area contributed by atoms with Gasteiger partial charge in [0.2, 0.25) is 0 Å². The van der Waals surface area contributed by atoms with E-state index in [1.54, 1.807) is 7.11 Å². The monoisotopic (exact) mass is 235 g/mol. The van der Waals surface area contributed by atoms with Gasteiger partial charge in [-0.25, -0.2) is 8.42 Å². The third kappa shape index (κ3) is 4.27. The average Bonchev–Trinajstić information content (AvgIpc) is 2.61. The van der Waals surface area contributed by atoms with Crippen LogP contribution in [0.5, 0.6) is 0 Å². The predicted octanol–water partition coefficient (Wildman–Crippen LogP) is -0.633. The molecule has 0 spiro atoms. The molecule has 0 aliphatic carbocycles. The summed E-state index contributed by atoms with van der Waals surface area (Å²) in [7, 11) is -1.44. The summed E-state index contributed by atoms with van der Waals surface area (Å²) in [5, 5.41) is 3.02. The van der Waals surface area contributed by atoms with Gasteiger partial charge in [0.05, 0.1) is 17.9 Å². The van der Waals surface area contributed by atoms with E-state index in [0.29, 0.717) is 13.0 Å². The Hall–Kier alpha value is -0.460. The van der Waals surface area contributed by atoms with Gasteiger partial charge in [-0.15, -0.1) is 0 Å². The number of ketones is 1. The van der Waals surface area contributed by atoms with Crippen molar-refractivity contribution in [2.45, 2.75) is 25.0 Å². The lowest BCUT2D eigenvalue weighted by Crippen LogP contribution is -2.31. The molecule has 6 heteroatoms. The summed E-state index contributed by atoms with van der Waals surface area (Å²) in [6, 6.07) is -0.239. The number of hydrogen-bond acceptors (Lipinski definition) is 5. The van der Waals surface area contributed by atoms with Crippen LogP contribution in [0.4, 0.5) is 0 Å². The molecule has 0 saturated carbocycles. The summed E-state index contributed by atoms with van der Waals surface area (Å²) in [6.07, 6.45) is 1.93. The summed E-state index contributed by atoms with van der Waals surface area (Å²) < 4.78 is 26.9. The second-order valence-electron chi connectivity index (χ2n) is 3.90. The number of methoxy groups -OCH3 is 1. The molecule has 0 aromatic rings. The van der Waals surface area contributed by atoms with Crippen LogP contribution in [0, 0.1) is 0 Å². The van der Waals surface area contributed by atoms with E-state index >= 15 is 0 Å². The van der Waals surface area contributed by atoms with Crippen molar-refractivity contribution in [1.82, 2.24) is 5.32 Å². The van der Waals surface area contributed by atoms with E-state index in [1.807, 2.05) is 0 Å². The van der Waals surface area contributed by atoms with E-state index in [4.69, 9.17) is 4.74 Å². The molecule has 2 unspecified atom stereocenters. The van der Waals surface area contributed by atoms with Gasteiger partial charge in [-0.2, -0.15) is 0 Å². The molecule has 0 amide bonds. The lowest BCUT2D eigenvalue weighted by molar-refractivity contribution is -0.120. The molecule has 15 heavy (non-hydrogen) atoms. The van der Waals surface area contributed by atoms with Gasteiger partial charge in [-0.05, 0) is 6.42 Å². The Bertz CT molecular complexity index is 325. The van der Waals surface area contributed by atoms with Crippen LogP contribution in [0.2, 0.25) is 0 Å². The molecule has 88 valence electrons. The SMILES string of the molecule is COC1CNC(C(=O)CCS(C)(=O)=O)C1. The molecule has 1 fully saturated rings. The highest BCUT2D eigenvalue weighted by Gasteiger charge is 2.29. The summed E-state index contributed by atoms with van der Waals surface area (Å²) >= 11 is 0. The fourth-order valence-electron chi connectivity index (χ4n) is 1.59.